The fourth-order valence-corrected chi connectivity index (χ4v) is 3.11. The van der Waals surface area contributed by atoms with Gasteiger partial charge in [-0.1, -0.05) is 30.3 Å². The van der Waals surface area contributed by atoms with Gasteiger partial charge < -0.3 is 16.4 Å². The zero-order valence-corrected chi connectivity index (χ0v) is 15.8. The molecule has 0 saturated carbocycles. The van der Waals surface area contributed by atoms with Crippen LogP contribution in [0.4, 0.5) is 11.4 Å². The Bertz CT molecular complexity index is 821. The van der Waals surface area contributed by atoms with E-state index in [1.54, 1.807) is 12.1 Å². The van der Waals surface area contributed by atoms with Gasteiger partial charge in [0.25, 0.3) is 0 Å². The van der Waals surface area contributed by atoms with Crippen LogP contribution >= 0.6 is 0 Å². The summed E-state index contributed by atoms with van der Waals surface area (Å²) in [7, 11) is -3.13. The average Bonchev–Trinajstić information content (AvgIpc) is 2.61. The van der Waals surface area contributed by atoms with E-state index in [4.69, 9.17) is 5.73 Å². The first kappa shape index (κ1) is 19.9. The summed E-state index contributed by atoms with van der Waals surface area (Å²) in [4.78, 5) is 12.0. The van der Waals surface area contributed by atoms with Gasteiger partial charge in [-0.3, -0.25) is 4.79 Å². The lowest BCUT2D eigenvalue weighted by atomic mass is 10.1. The molecule has 6 nitrogen and oxygen atoms in total. The highest BCUT2D eigenvalue weighted by Gasteiger charge is 2.16. The second kappa shape index (κ2) is 8.82. The van der Waals surface area contributed by atoms with Gasteiger partial charge in [-0.15, -0.1) is 0 Å². The maximum Gasteiger partial charge on any atom is 0.241 e. The number of carbonyl (C=O) groups excluding carboxylic acids is 1. The van der Waals surface area contributed by atoms with Crippen molar-refractivity contribution in [1.82, 2.24) is 0 Å². The Balaban J connectivity index is 1.89. The van der Waals surface area contributed by atoms with Gasteiger partial charge in [0.2, 0.25) is 5.91 Å². The summed E-state index contributed by atoms with van der Waals surface area (Å²) in [6.07, 6.45) is 1.22. The van der Waals surface area contributed by atoms with Crippen LogP contribution in [0.3, 0.4) is 0 Å². The molecular weight excluding hydrogens is 350 g/mol. The molecule has 2 unspecified atom stereocenters. The molecule has 0 spiro atoms. The van der Waals surface area contributed by atoms with Gasteiger partial charge in [0.05, 0.1) is 11.8 Å². The molecule has 7 heteroatoms. The molecule has 0 aliphatic rings. The zero-order valence-electron chi connectivity index (χ0n) is 15.0. The maximum absolute atomic E-state index is 12.0. The predicted octanol–water partition coefficient (Wildman–Crippen LogP) is 2.56. The van der Waals surface area contributed by atoms with Gasteiger partial charge in [0, 0.05) is 23.7 Å². The first-order valence-electron chi connectivity index (χ1n) is 8.40. The van der Waals surface area contributed by atoms with Crippen molar-refractivity contribution in [2.24, 2.45) is 5.73 Å². The Morgan fingerprint density at radius 1 is 1.04 bits per heavy atom. The summed E-state index contributed by atoms with van der Waals surface area (Å²) in [6, 6.07) is 16.7. The number of nitrogens with one attached hydrogen (secondary N) is 2. The molecule has 0 radical (unpaired) electrons. The van der Waals surface area contributed by atoms with Gasteiger partial charge in [0.1, 0.15) is 9.84 Å². The molecule has 140 valence electrons. The smallest absolute Gasteiger partial charge is 0.241 e. The van der Waals surface area contributed by atoms with E-state index in [1.807, 2.05) is 30.3 Å². The maximum atomic E-state index is 12.0. The Kier molecular flexibility index (Phi) is 6.76. The molecule has 1 amide bonds. The third-order valence-electron chi connectivity index (χ3n) is 3.97. The van der Waals surface area contributed by atoms with E-state index < -0.39 is 21.8 Å². The van der Waals surface area contributed by atoms with Crippen molar-refractivity contribution in [3.05, 3.63) is 60.2 Å². The quantitative estimate of drug-likeness (QED) is 0.658. The minimum Gasteiger partial charge on any atom is -0.379 e. The summed E-state index contributed by atoms with van der Waals surface area (Å²) in [5.41, 5.74) is 8.47. The Hall–Kier alpha value is -2.38. The lowest BCUT2D eigenvalue weighted by molar-refractivity contribution is -0.117. The number of amides is 1. The van der Waals surface area contributed by atoms with Crippen molar-refractivity contribution in [1.29, 1.82) is 0 Å². The third kappa shape index (κ3) is 6.50. The van der Waals surface area contributed by atoms with E-state index in [0.29, 0.717) is 5.69 Å². The molecule has 2 rings (SSSR count). The second-order valence-electron chi connectivity index (χ2n) is 6.37. The molecule has 26 heavy (non-hydrogen) atoms. The Labute approximate surface area is 154 Å². The molecular formula is C19H25N3O3S. The highest BCUT2D eigenvalue weighted by Crippen LogP contribution is 2.20. The zero-order chi connectivity index (χ0) is 19.2. The van der Waals surface area contributed by atoms with E-state index in [9.17, 15) is 13.2 Å². The topological polar surface area (TPSA) is 101 Å². The lowest BCUT2D eigenvalue weighted by Gasteiger charge is -2.16. The average molecular weight is 375 g/mol. The molecule has 2 aromatic carbocycles. The number of hydrogen-bond donors (Lipinski definition) is 3. The van der Waals surface area contributed by atoms with Crippen molar-refractivity contribution in [2.45, 2.75) is 25.4 Å². The minimum absolute atomic E-state index is 0.0961. The fraction of sp³-hybridized carbons (Fsp3) is 0.316. The molecule has 2 aromatic rings. The Morgan fingerprint density at radius 3 is 2.19 bits per heavy atom. The Morgan fingerprint density at radius 2 is 1.62 bits per heavy atom. The van der Waals surface area contributed by atoms with Crippen LogP contribution in [-0.2, 0) is 14.6 Å². The molecule has 0 heterocycles. The number of anilines is 2. The summed E-state index contributed by atoms with van der Waals surface area (Å²) < 4.78 is 22.3. The summed E-state index contributed by atoms with van der Waals surface area (Å²) >= 11 is 0. The number of hydrogen-bond acceptors (Lipinski definition) is 5. The van der Waals surface area contributed by atoms with Crippen LogP contribution in [0.25, 0.3) is 0 Å². The standard InChI is InChI=1S/C19H25N3O3S/c1-14(15-6-4-3-5-7-15)21-16-8-10-17(11-9-16)22-19(23)18(20)12-13-26(2,24)25/h3-11,14,18,21H,12-13,20H2,1-2H3,(H,22,23). The molecule has 0 fully saturated rings. The number of rotatable bonds is 8. The molecule has 2 atom stereocenters. The number of benzene rings is 2. The SMILES string of the molecule is CC(Nc1ccc(NC(=O)C(N)CCS(C)(=O)=O)cc1)c1ccccc1. The number of sulfone groups is 1. The van der Waals surface area contributed by atoms with Crippen molar-refractivity contribution >= 4 is 27.1 Å². The number of nitrogens with two attached hydrogens (primary N) is 1. The van der Waals surface area contributed by atoms with E-state index in [1.165, 1.54) is 5.56 Å². The van der Waals surface area contributed by atoms with Crippen molar-refractivity contribution < 1.29 is 13.2 Å². The first-order chi connectivity index (χ1) is 12.2. The molecule has 0 aromatic heterocycles. The molecule has 0 saturated heterocycles. The molecule has 0 aliphatic carbocycles. The summed E-state index contributed by atoms with van der Waals surface area (Å²) in [5, 5.41) is 6.10. The lowest BCUT2D eigenvalue weighted by Crippen LogP contribution is -2.37. The van der Waals surface area contributed by atoms with Gasteiger partial charge >= 0.3 is 0 Å². The molecule has 4 N–H and O–H groups in total. The second-order valence-corrected chi connectivity index (χ2v) is 8.63. The van der Waals surface area contributed by atoms with E-state index in [0.717, 1.165) is 11.9 Å². The first-order valence-corrected chi connectivity index (χ1v) is 10.5. The van der Waals surface area contributed by atoms with Gasteiger partial charge in [-0.05, 0) is 43.2 Å². The van der Waals surface area contributed by atoms with Gasteiger partial charge in [-0.25, -0.2) is 8.42 Å². The van der Waals surface area contributed by atoms with Gasteiger partial charge in [-0.2, -0.15) is 0 Å². The van der Waals surface area contributed by atoms with Crippen molar-refractivity contribution in [3.63, 3.8) is 0 Å². The normalized spacial score (nSPS) is 13.7. The van der Waals surface area contributed by atoms with Crippen LogP contribution in [0.1, 0.15) is 24.9 Å². The highest BCUT2D eigenvalue weighted by molar-refractivity contribution is 7.90. The fourth-order valence-electron chi connectivity index (χ4n) is 2.43. The minimum atomic E-state index is -3.13. The summed E-state index contributed by atoms with van der Waals surface area (Å²) in [6.45, 7) is 2.08. The largest absolute Gasteiger partial charge is 0.379 e. The van der Waals surface area contributed by atoms with Crippen LogP contribution in [0.15, 0.2) is 54.6 Å². The van der Waals surface area contributed by atoms with E-state index in [2.05, 4.69) is 29.7 Å². The molecule has 0 bridgehead atoms. The van der Waals surface area contributed by atoms with E-state index in [-0.39, 0.29) is 18.2 Å². The van der Waals surface area contributed by atoms with Gasteiger partial charge in [0.15, 0.2) is 0 Å². The van der Waals surface area contributed by atoms with Crippen LogP contribution in [0.5, 0.6) is 0 Å². The summed E-state index contributed by atoms with van der Waals surface area (Å²) in [5.74, 6) is -0.506. The van der Waals surface area contributed by atoms with Crippen LogP contribution in [0, 0.1) is 0 Å². The third-order valence-corrected chi connectivity index (χ3v) is 4.95. The monoisotopic (exact) mass is 375 g/mol. The van der Waals surface area contributed by atoms with Crippen LogP contribution in [0.2, 0.25) is 0 Å². The van der Waals surface area contributed by atoms with Crippen LogP contribution < -0.4 is 16.4 Å². The van der Waals surface area contributed by atoms with Crippen LogP contribution in [-0.4, -0.2) is 32.4 Å². The van der Waals surface area contributed by atoms with E-state index >= 15 is 0 Å². The van der Waals surface area contributed by atoms with Crippen molar-refractivity contribution in [2.75, 3.05) is 22.6 Å². The van der Waals surface area contributed by atoms with Crippen molar-refractivity contribution in [3.8, 4) is 0 Å². The number of carbonyl (C=O) groups is 1. The highest BCUT2D eigenvalue weighted by atomic mass is 32.2. The molecule has 0 aliphatic heterocycles. The predicted molar refractivity (Wildman–Crippen MR) is 106 cm³/mol.